The summed E-state index contributed by atoms with van der Waals surface area (Å²) >= 11 is 0. The first-order valence-electron chi connectivity index (χ1n) is 4.19. The average Bonchev–Trinajstić information content (AvgIpc) is 2.05. The molecule has 0 radical (unpaired) electrons. The summed E-state index contributed by atoms with van der Waals surface area (Å²) in [6, 6.07) is 0. The molecule has 1 aliphatic carbocycles. The van der Waals surface area contributed by atoms with Crippen molar-refractivity contribution in [3.63, 3.8) is 0 Å². The highest BCUT2D eigenvalue weighted by molar-refractivity contribution is 4.80. The quantitative estimate of drug-likeness (QED) is 0.522. The summed E-state index contributed by atoms with van der Waals surface area (Å²) < 4.78 is 0. The Labute approximate surface area is 66.7 Å². The summed E-state index contributed by atoms with van der Waals surface area (Å²) in [4.78, 5) is 0. The minimum absolute atomic E-state index is 0.0131. The second kappa shape index (κ2) is 4.04. The molecule has 0 aromatic carbocycles. The van der Waals surface area contributed by atoms with E-state index in [1.807, 2.05) is 0 Å². The zero-order valence-electron chi connectivity index (χ0n) is 6.61. The molecule has 66 valence electrons. The van der Waals surface area contributed by atoms with Crippen LogP contribution < -0.4 is 0 Å². The SMILES string of the molecule is OCC1CCCC(CO)C1O. The standard InChI is InChI=1S/C8H16O3/c9-4-6-2-1-3-7(5-10)8(6)11/h6-11H,1-5H2. The fourth-order valence-electron chi connectivity index (χ4n) is 1.77. The zero-order chi connectivity index (χ0) is 8.27. The van der Waals surface area contributed by atoms with E-state index >= 15 is 0 Å². The normalized spacial score (nSPS) is 39.0. The van der Waals surface area contributed by atoms with Crippen LogP contribution in [0.3, 0.4) is 0 Å². The van der Waals surface area contributed by atoms with Crippen molar-refractivity contribution in [2.24, 2.45) is 11.8 Å². The highest BCUT2D eigenvalue weighted by Crippen LogP contribution is 2.28. The first-order chi connectivity index (χ1) is 5.29. The Morgan fingerprint density at radius 3 is 1.82 bits per heavy atom. The van der Waals surface area contributed by atoms with Gasteiger partial charge in [-0.15, -0.1) is 0 Å². The summed E-state index contributed by atoms with van der Waals surface area (Å²) in [7, 11) is 0. The molecular formula is C8H16O3. The Balaban J connectivity index is 2.45. The fraction of sp³-hybridized carbons (Fsp3) is 1.00. The van der Waals surface area contributed by atoms with Gasteiger partial charge in [0.2, 0.25) is 0 Å². The number of hydrogen-bond acceptors (Lipinski definition) is 3. The lowest BCUT2D eigenvalue weighted by Crippen LogP contribution is -2.37. The summed E-state index contributed by atoms with van der Waals surface area (Å²) in [5, 5.41) is 27.2. The molecule has 2 atom stereocenters. The van der Waals surface area contributed by atoms with Crippen LogP contribution in [0.25, 0.3) is 0 Å². The van der Waals surface area contributed by atoms with E-state index in [2.05, 4.69) is 0 Å². The van der Waals surface area contributed by atoms with Crippen molar-refractivity contribution in [3.8, 4) is 0 Å². The lowest BCUT2D eigenvalue weighted by atomic mass is 9.79. The summed E-state index contributed by atoms with van der Waals surface area (Å²) in [6.07, 6.45) is 2.27. The van der Waals surface area contributed by atoms with Crippen LogP contribution in [0.1, 0.15) is 19.3 Å². The molecule has 1 rings (SSSR count). The van der Waals surface area contributed by atoms with Crippen molar-refractivity contribution in [1.29, 1.82) is 0 Å². The molecule has 0 spiro atoms. The Morgan fingerprint density at radius 2 is 1.45 bits per heavy atom. The molecule has 1 fully saturated rings. The number of aliphatic hydroxyl groups excluding tert-OH is 3. The lowest BCUT2D eigenvalue weighted by molar-refractivity contribution is -0.0261. The van der Waals surface area contributed by atoms with Crippen LogP contribution in [0.4, 0.5) is 0 Å². The molecule has 1 aliphatic rings. The Hall–Kier alpha value is -0.120. The van der Waals surface area contributed by atoms with Crippen LogP contribution in [0.2, 0.25) is 0 Å². The van der Waals surface area contributed by atoms with Crippen LogP contribution in [0.5, 0.6) is 0 Å². The zero-order valence-corrected chi connectivity index (χ0v) is 6.61. The molecule has 0 heterocycles. The third kappa shape index (κ3) is 1.92. The summed E-state index contributed by atoms with van der Waals surface area (Å²) in [6.45, 7) is 0.0787. The molecule has 0 aromatic rings. The molecular weight excluding hydrogens is 144 g/mol. The molecule has 0 aliphatic heterocycles. The highest BCUT2D eigenvalue weighted by atomic mass is 16.3. The van der Waals surface area contributed by atoms with Crippen molar-refractivity contribution in [1.82, 2.24) is 0 Å². The van der Waals surface area contributed by atoms with Crippen molar-refractivity contribution in [2.75, 3.05) is 13.2 Å². The minimum atomic E-state index is -0.501. The predicted octanol–water partition coefficient (Wildman–Crippen LogP) is -0.252. The van der Waals surface area contributed by atoms with Gasteiger partial charge in [-0.1, -0.05) is 6.42 Å². The summed E-state index contributed by atoms with van der Waals surface area (Å²) in [5.41, 5.74) is 0. The van der Waals surface area contributed by atoms with Gasteiger partial charge >= 0.3 is 0 Å². The topological polar surface area (TPSA) is 60.7 Å². The third-order valence-electron chi connectivity index (χ3n) is 2.58. The van der Waals surface area contributed by atoms with Crippen molar-refractivity contribution < 1.29 is 15.3 Å². The van der Waals surface area contributed by atoms with E-state index in [-0.39, 0.29) is 25.0 Å². The van der Waals surface area contributed by atoms with Crippen molar-refractivity contribution >= 4 is 0 Å². The Morgan fingerprint density at radius 1 is 1.00 bits per heavy atom. The number of rotatable bonds is 2. The van der Waals surface area contributed by atoms with E-state index in [1.54, 1.807) is 0 Å². The van der Waals surface area contributed by atoms with Gasteiger partial charge < -0.3 is 15.3 Å². The second-order valence-corrected chi connectivity index (χ2v) is 3.31. The molecule has 0 aromatic heterocycles. The van der Waals surface area contributed by atoms with Crippen molar-refractivity contribution in [2.45, 2.75) is 25.4 Å². The largest absolute Gasteiger partial charge is 0.396 e. The molecule has 3 nitrogen and oxygen atoms in total. The van der Waals surface area contributed by atoms with E-state index in [4.69, 9.17) is 10.2 Å². The van der Waals surface area contributed by atoms with Crippen LogP contribution in [-0.4, -0.2) is 34.6 Å². The molecule has 0 amide bonds. The predicted molar refractivity (Wildman–Crippen MR) is 41.0 cm³/mol. The second-order valence-electron chi connectivity index (χ2n) is 3.31. The van der Waals surface area contributed by atoms with Crippen LogP contribution in [-0.2, 0) is 0 Å². The smallest absolute Gasteiger partial charge is 0.0640 e. The van der Waals surface area contributed by atoms with Gasteiger partial charge in [-0.05, 0) is 12.8 Å². The monoisotopic (exact) mass is 160 g/mol. The van der Waals surface area contributed by atoms with Gasteiger partial charge in [0.15, 0.2) is 0 Å². The van der Waals surface area contributed by atoms with Gasteiger partial charge in [-0.2, -0.15) is 0 Å². The van der Waals surface area contributed by atoms with Gasteiger partial charge in [0, 0.05) is 25.0 Å². The third-order valence-corrected chi connectivity index (χ3v) is 2.58. The van der Waals surface area contributed by atoms with Gasteiger partial charge in [-0.25, -0.2) is 0 Å². The van der Waals surface area contributed by atoms with E-state index < -0.39 is 6.10 Å². The molecule has 0 saturated heterocycles. The Bertz CT molecular complexity index is 104. The highest BCUT2D eigenvalue weighted by Gasteiger charge is 2.30. The summed E-state index contributed by atoms with van der Waals surface area (Å²) in [5.74, 6) is -0.0261. The van der Waals surface area contributed by atoms with Gasteiger partial charge in [-0.3, -0.25) is 0 Å². The van der Waals surface area contributed by atoms with E-state index in [1.165, 1.54) is 0 Å². The van der Waals surface area contributed by atoms with Crippen LogP contribution in [0, 0.1) is 11.8 Å². The molecule has 3 heteroatoms. The maximum Gasteiger partial charge on any atom is 0.0640 e. The van der Waals surface area contributed by atoms with Gasteiger partial charge in [0.25, 0.3) is 0 Å². The minimum Gasteiger partial charge on any atom is -0.396 e. The van der Waals surface area contributed by atoms with E-state index in [0.29, 0.717) is 0 Å². The van der Waals surface area contributed by atoms with Gasteiger partial charge in [0.1, 0.15) is 0 Å². The Kier molecular flexibility index (Phi) is 3.30. The molecule has 11 heavy (non-hydrogen) atoms. The van der Waals surface area contributed by atoms with Crippen LogP contribution >= 0.6 is 0 Å². The lowest BCUT2D eigenvalue weighted by Gasteiger charge is -2.32. The van der Waals surface area contributed by atoms with Crippen LogP contribution in [0.15, 0.2) is 0 Å². The first kappa shape index (κ1) is 8.97. The maximum atomic E-state index is 9.51. The van der Waals surface area contributed by atoms with E-state index in [0.717, 1.165) is 19.3 Å². The number of hydrogen-bond donors (Lipinski definition) is 3. The average molecular weight is 160 g/mol. The van der Waals surface area contributed by atoms with Gasteiger partial charge in [0.05, 0.1) is 6.10 Å². The molecule has 3 N–H and O–H groups in total. The van der Waals surface area contributed by atoms with Crippen molar-refractivity contribution in [3.05, 3.63) is 0 Å². The molecule has 2 unspecified atom stereocenters. The number of aliphatic hydroxyl groups is 3. The molecule has 0 bridgehead atoms. The molecule has 1 saturated carbocycles. The van der Waals surface area contributed by atoms with E-state index in [9.17, 15) is 5.11 Å². The first-order valence-corrected chi connectivity index (χ1v) is 4.19. The fourth-order valence-corrected chi connectivity index (χ4v) is 1.77. The maximum absolute atomic E-state index is 9.51.